The van der Waals surface area contributed by atoms with Crippen LogP contribution in [-0.2, 0) is 6.54 Å². The summed E-state index contributed by atoms with van der Waals surface area (Å²) in [6.45, 7) is 0.0628. The molecule has 1 N–H and O–H groups in total. The highest BCUT2D eigenvalue weighted by molar-refractivity contribution is 9.11. The summed E-state index contributed by atoms with van der Waals surface area (Å²) in [5.74, 6) is 0.616. The number of hydrogen-bond acceptors (Lipinski definition) is 5. The number of nitrogens with zero attached hydrogens (tertiary/aromatic N) is 2. The van der Waals surface area contributed by atoms with E-state index in [0.717, 1.165) is 0 Å². The Bertz CT molecular complexity index is 622. The average Bonchev–Trinajstić information content (AvgIpc) is 2.68. The number of ether oxygens (including phenoxy) is 1. The normalized spacial score (nSPS) is 9.79. The van der Waals surface area contributed by atoms with Gasteiger partial charge in [0.05, 0.1) is 7.11 Å². The van der Waals surface area contributed by atoms with Crippen molar-refractivity contribution in [2.45, 2.75) is 6.54 Å². The van der Waals surface area contributed by atoms with E-state index in [2.05, 4.69) is 21.0 Å². The van der Waals surface area contributed by atoms with E-state index < -0.39 is 0 Å². The molecule has 102 valence electrons. The maximum absolute atomic E-state index is 12.0. The molecule has 1 heterocycles. The molecule has 0 aliphatic heterocycles. The third kappa shape index (κ3) is 3.99. The summed E-state index contributed by atoms with van der Waals surface area (Å²) in [5.41, 5.74) is 0.576. The van der Waals surface area contributed by atoms with Crippen LogP contribution in [-0.4, -0.2) is 22.7 Å². The van der Waals surface area contributed by atoms with Crippen LogP contribution in [0.2, 0.25) is 0 Å². The van der Waals surface area contributed by atoms with Gasteiger partial charge in [0.1, 0.15) is 12.3 Å². The molecular formula is C11H11Br2N3O2S. The van der Waals surface area contributed by atoms with Gasteiger partial charge in [0.2, 0.25) is 4.80 Å². The fourth-order valence-electron chi connectivity index (χ4n) is 1.40. The first kappa shape index (κ1) is 16.1. The molecule has 0 saturated carbocycles. The van der Waals surface area contributed by atoms with Crippen molar-refractivity contribution in [3.8, 4) is 5.75 Å². The first-order chi connectivity index (χ1) is 8.60. The average molecular weight is 409 g/mol. The molecule has 0 radical (unpaired) electrons. The van der Waals surface area contributed by atoms with Gasteiger partial charge >= 0.3 is 0 Å². The molecule has 2 rings (SSSR count). The Kier molecular flexibility index (Phi) is 5.89. The molecule has 0 unspecified atom stereocenters. The van der Waals surface area contributed by atoms with Crippen LogP contribution in [0, 0.1) is 5.41 Å². The first-order valence-corrected chi connectivity index (χ1v) is 6.66. The highest BCUT2D eigenvalue weighted by Crippen LogP contribution is 2.12. The summed E-state index contributed by atoms with van der Waals surface area (Å²) in [6, 6.07) is 6.87. The van der Waals surface area contributed by atoms with Gasteiger partial charge in [0, 0.05) is 5.56 Å². The van der Waals surface area contributed by atoms with Crippen LogP contribution in [0.25, 0.3) is 0 Å². The quantitative estimate of drug-likeness (QED) is 0.790. The Labute approximate surface area is 132 Å². The van der Waals surface area contributed by atoms with Crippen molar-refractivity contribution in [2.75, 3.05) is 7.11 Å². The van der Waals surface area contributed by atoms with Crippen molar-refractivity contribution >= 4 is 50.0 Å². The van der Waals surface area contributed by atoms with E-state index in [1.165, 1.54) is 16.0 Å². The van der Waals surface area contributed by atoms with Crippen LogP contribution >= 0.6 is 44.2 Å². The van der Waals surface area contributed by atoms with Crippen molar-refractivity contribution in [2.24, 2.45) is 0 Å². The second-order valence-electron chi connectivity index (χ2n) is 3.47. The second kappa shape index (κ2) is 6.97. The minimum atomic E-state index is -0.0889. The Morgan fingerprint density at radius 3 is 2.58 bits per heavy atom. The molecule has 0 aliphatic rings. The SMILES string of the molecule is Br.COc1ccc(C(=O)Cn2nc(Br)sc2=N)cc1. The zero-order valence-electron chi connectivity index (χ0n) is 9.92. The van der Waals surface area contributed by atoms with Crippen LogP contribution in [0.4, 0.5) is 0 Å². The lowest BCUT2D eigenvalue weighted by atomic mass is 10.1. The lowest BCUT2D eigenvalue weighted by Crippen LogP contribution is -2.20. The highest BCUT2D eigenvalue weighted by Gasteiger charge is 2.09. The minimum Gasteiger partial charge on any atom is -0.497 e. The summed E-state index contributed by atoms with van der Waals surface area (Å²) >= 11 is 4.36. The summed E-state index contributed by atoms with van der Waals surface area (Å²) in [5, 5.41) is 11.7. The summed E-state index contributed by atoms with van der Waals surface area (Å²) in [6.07, 6.45) is 0. The predicted octanol–water partition coefficient (Wildman–Crippen LogP) is 2.66. The topological polar surface area (TPSA) is 68.0 Å². The zero-order chi connectivity index (χ0) is 13.1. The lowest BCUT2D eigenvalue weighted by Gasteiger charge is -2.03. The van der Waals surface area contributed by atoms with Gasteiger partial charge in [-0.2, -0.15) is 5.10 Å². The first-order valence-electron chi connectivity index (χ1n) is 5.05. The Morgan fingerprint density at radius 2 is 2.11 bits per heavy atom. The number of rotatable bonds is 4. The molecule has 5 nitrogen and oxygen atoms in total. The monoisotopic (exact) mass is 407 g/mol. The Morgan fingerprint density at radius 1 is 1.47 bits per heavy atom. The van der Waals surface area contributed by atoms with Gasteiger partial charge < -0.3 is 4.74 Å². The van der Waals surface area contributed by atoms with Crippen molar-refractivity contribution in [1.29, 1.82) is 5.41 Å². The molecule has 8 heteroatoms. The fraction of sp³-hybridized carbons (Fsp3) is 0.182. The van der Waals surface area contributed by atoms with Crippen LogP contribution < -0.4 is 9.54 Å². The number of carbonyl (C=O) groups excluding carboxylic acids is 1. The lowest BCUT2D eigenvalue weighted by molar-refractivity contribution is 0.0966. The van der Waals surface area contributed by atoms with Crippen LogP contribution in [0.3, 0.4) is 0 Å². The number of methoxy groups -OCH3 is 1. The fourth-order valence-corrected chi connectivity index (χ4v) is 2.57. The molecule has 0 atom stereocenters. The number of nitrogens with one attached hydrogen (secondary N) is 1. The zero-order valence-corrected chi connectivity index (χ0v) is 14.0. The predicted molar refractivity (Wildman–Crippen MR) is 81.3 cm³/mol. The molecule has 0 saturated heterocycles. The molecule has 0 aliphatic carbocycles. The third-order valence-corrected chi connectivity index (χ3v) is 3.62. The van der Waals surface area contributed by atoms with Gasteiger partial charge in [-0.3, -0.25) is 10.2 Å². The second-order valence-corrected chi connectivity index (χ2v) is 5.72. The van der Waals surface area contributed by atoms with E-state index in [9.17, 15) is 4.79 Å². The molecule has 19 heavy (non-hydrogen) atoms. The van der Waals surface area contributed by atoms with E-state index in [1.807, 2.05) is 0 Å². The molecule has 0 amide bonds. The maximum atomic E-state index is 12.0. The Balaban J connectivity index is 0.00000180. The molecule has 0 fully saturated rings. The van der Waals surface area contributed by atoms with E-state index in [4.69, 9.17) is 10.1 Å². The molecule has 1 aromatic heterocycles. The number of benzene rings is 1. The van der Waals surface area contributed by atoms with E-state index in [0.29, 0.717) is 15.2 Å². The highest BCUT2D eigenvalue weighted by atomic mass is 79.9. The van der Waals surface area contributed by atoms with Gasteiger partial charge in [-0.05, 0) is 40.2 Å². The van der Waals surface area contributed by atoms with E-state index >= 15 is 0 Å². The smallest absolute Gasteiger partial charge is 0.201 e. The van der Waals surface area contributed by atoms with Crippen LogP contribution in [0.15, 0.2) is 28.2 Å². The number of ketones is 1. The molecule has 1 aromatic carbocycles. The van der Waals surface area contributed by atoms with Crippen LogP contribution in [0.1, 0.15) is 10.4 Å². The van der Waals surface area contributed by atoms with Crippen molar-refractivity contribution in [3.05, 3.63) is 38.5 Å². The van der Waals surface area contributed by atoms with Gasteiger partial charge in [-0.1, -0.05) is 11.3 Å². The van der Waals surface area contributed by atoms with Gasteiger partial charge in [0.15, 0.2) is 9.70 Å². The van der Waals surface area contributed by atoms with Gasteiger partial charge in [0.25, 0.3) is 0 Å². The Hall–Kier alpha value is -0.990. The molecule has 0 bridgehead atoms. The van der Waals surface area contributed by atoms with Crippen molar-refractivity contribution < 1.29 is 9.53 Å². The van der Waals surface area contributed by atoms with E-state index in [1.54, 1.807) is 31.4 Å². The largest absolute Gasteiger partial charge is 0.497 e. The number of halogens is 2. The van der Waals surface area contributed by atoms with Gasteiger partial charge in [-0.15, -0.1) is 17.0 Å². The molecular weight excluding hydrogens is 398 g/mol. The number of Topliss-reactive ketones (excluding diaryl/α,β-unsaturated/α-hetero) is 1. The standard InChI is InChI=1S/C11H10BrN3O2S.BrH/c1-17-8-4-2-7(3-5-8)9(16)6-15-11(13)18-10(12)14-15;/h2-5,13H,6H2,1H3;1H. The molecule has 0 spiro atoms. The van der Waals surface area contributed by atoms with E-state index in [-0.39, 0.29) is 34.1 Å². The third-order valence-electron chi connectivity index (χ3n) is 2.32. The number of hydrogen-bond donors (Lipinski definition) is 1. The minimum absolute atomic E-state index is 0. The number of carbonyl (C=O) groups is 1. The van der Waals surface area contributed by atoms with Crippen LogP contribution in [0.5, 0.6) is 5.75 Å². The van der Waals surface area contributed by atoms with Crippen molar-refractivity contribution in [3.63, 3.8) is 0 Å². The number of aromatic nitrogens is 2. The summed E-state index contributed by atoms with van der Waals surface area (Å²) in [4.78, 5) is 12.2. The van der Waals surface area contributed by atoms with Gasteiger partial charge in [-0.25, -0.2) is 4.68 Å². The maximum Gasteiger partial charge on any atom is 0.201 e. The summed E-state index contributed by atoms with van der Waals surface area (Å²) in [7, 11) is 1.58. The molecule has 2 aromatic rings. The summed E-state index contributed by atoms with van der Waals surface area (Å²) < 4.78 is 6.98. The van der Waals surface area contributed by atoms with Crippen molar-refractivity contribution in [1.82, 2.24) is 9.78 Å².